The SMILES string of the molecule is COCC(C)c1nc(NN)cc(C2CC2)n1. The number of rotatable bonds is 5. The minimum Gasteiger partial charge on any atom is -0.384 e. The number of hydrogen-bond acceptors (Lipinski definition) is 5. The molecule has 1 unspecified atom stereocenters. The molecule has 0 bridgehead atoms. The van der Waals surface area contributed by atoms with Crippen LogP contribution in [-0.2, 0) is 4.74 Å². The predicted octanol–water partition coefficient (Wildman–Crippen LogP) is 1.39. The zero-order chi connectivity index (χ0) is 11.5. The lowest BCUT2D eigenvalue weighted by Crippen LogP contribution is -2.14. The molecule has 0 radical (unpaired) electrons. The summed E-state index contributed by atoms with van der Waals surface area (Å²) in [4.78, 5) is 8.93. The molecule has 0 aromatic carbocycles. The average molecular weight is 222 g/mol. The van der Waals surface area contributed by atoms with E-state index in [9.17, 15) is 0 Å². The zero-order valence-electron chi connectivity index (χ0n) is 9.73. The second-order valence-electron chi connectivity index (χ2n) is 4.31. The molecule has 1 aromatic heterocycles. The molecule has 5 heteroatoms. The number of aromatic nitrogens is 2. The molecule has 0 aliphatic heterocycles. The fourth-order valence-corrected chi connectivity index (χ4v) is 1.69. The highest BCUT2D eigenvalue weighted by molar-refractivity contribution is 5.37. The van der Waals surface area contributed by atoms with Crippen LogP contribution < -0.4 is 11.3 Å². The Kier molecular flexibility index (Phi) is 3.36. The quantitative estimate of drug-likeness (QED) is 0.581. The number of methoxy groups -OCH3 is 1. The van der Waals surface area contributed by atoms with Gasteiger partial charge in [0.2, 0.25) is 0 Å². The van der Waals surface area contributed by atoms with Crippen LogP contribution in [0.1, 0.15) is 43.1 Å². The van der Waals surface area contributed by atoms with Gasteiger partial charge in [-0.2, -0.15) is 0 Å². The van der Waals surface area contributed by atoms with Gasteiger partial charge in [-0.05, 0) is 12.8 Å². The molecule has 1 aliphatic carbocycles. The largest absolute Gasteiger partial charge is 0.384 e. The molecule has 1 fully saturated rings. The molecule has 88 valence electrons. The molecule has 0 saturated heterocycles. The van der Waals surface area contributed by atoms with Gasteiger partial charge in [-0.15, -0.1) is 0 Å². The molecule has 1 atom stereocenters. The molecule has 0 spiro atoms. The second kappa shape index (κ2) is 4.76. The van der Waals surface area contributed by atoms with Gasteiger partial charge in [0.05, 0.1) is 6.61 Å². The van der Waals surface area contributed by atoms with Crippen molar-refractivity contribution < 1.29 is 4.74 Å². The molecule has 1 aliphatic rings. The normalized spacial score (nSPS) is 17.2. The fourth-order valence-electron chi connectivity index (χ4n) is 1.69. The number of ether oxygens (including phenoxy) is 1. The molecule has 1 aromatic rings. The number of hydrazine groups is 1. The summed E-state index contributed by atoms with van der Waals surface area (Å²) < 4.78 is 5.12. The van der Waals surface area contributed by atoms with Crippen LogP contribution in [0.3, 0.4) is 0 Å². The summed E-state index contributed by atoms with van der Waals surface area (Å²) in [6, 6.07) is 1.93. The first kappa shape index (κ1) is 11.3. The molecule has 1 heterocycles. The molecule has 5 nitrogen and oxygen atoms in total. The molecule has 16 heavy (non-hydrogen) atoms. The number of nitrogens with two attached hydrogens (primary N) is 1. The van der Waals surface area contributed by atoms with Crippen molar-refractivity contribution in [2.75, 3.05) is 19.1 Å². The first-order chi connectivity index (χ1) is 7.74. The third kappa shape index (κ3) is 2.48. The summed E-state index contributed by atoms with van der Waals surface area (Å²) >= 11 is 0. The van der Waals surface area contributed by atoms with Crippen molar-refractivity contribution in [3.63, 3.8) is 0 Å². The number of nitrogens with zero attached hydrogens (tertiary/aromatic N) is 2. The summed E-state index contributed by atoms with van der Waals surface area (Å²) in [6.07, 6.45) is 2.44. The lowest BCUT2D eigenvalue weighted by atomic mass is 10.1. The Morgan fingerprint density at radius 3 is 2.88 bits per heavy atom. The van der Waals surface area contributed by atoms with Gasteiger partial charge in [0.1, 0.15) is 11.6 Å². The summed E-state index contributed by atoms with van der Waals surface area (Å²) in [5, 5.41) is 0. The topological polar surface area (TPSA) is 73.1 Å². The fraction of sp³-hybridized carbons (Fsp3) is 0.636. The lowest BCUT2D eigenvalue weighted by Gasteiger charge is -2.12. The Hall–Kier alpha value is -1.20. The van der Waals surface area contributed by atoms with Crippen molar-refractivity contribution in [1.82, 2.24) is 9.97 Å². The maximum atomic E-state index is 5.41. The van der Waals surface area contributed by atoms with Crippen molar-refractivity contribution >= 4 is 5.82 Å². The van der Waals surface area contributed by atoms with Crippen LogP contribution in [-0.4, -0.2) is 23.7 Å². The number of hydrogen-bond donors (Lipinski definition) is 2. The van der Waals surface area contributed by atoms with Crippen LogP contribution in [0.5, 0.6) is 0 Å². The van der Waals surface area contributed by atoms with Gasteiger partial charge in [-0.25, -0.2) is 15.8 Å². The van der Waals surface area contributed by atoms with E-state index in [-0.39, 0.29) is 5.92 Å². The van der Waals surface area contributed by atoms with Crippen LogP contribution in [0, 0.1) is 0 Å². The minimum atomic E-state index is 0.191. The first-order valence-corrected chi connectivity index (χ1v) is 5.59. The van der Waals surface area contributed by atoms with Crippen LogP contribution in [0.4, 0.5) is 5.82 Å². The molecular weight excluding hydrogens is 204 g/mol. The Morgan fingerprint density at radius 1 is 1.56 bits per heavy atom. The minimum absolute atomic E-state index is 0.191. The van der Waals surface area contributed by atoms with Crippen molar-refractivity contribution in [3.05, 3.63) is 17.6 Å². The number of nitrogens with one attached hydrogen (secondary N) is 1. The number of nitrogen functional groups attached to an aromatic ring is 1. The zero-order valence-corrected chi connectivity index (χ0v) is 9.73. The molecular formula is C11H18N4O. The van der Waals surface area contributed by atoms with E-state index in [1.54, 1.807) is 7.11 Å². The first-order valence-electron chi connectivity index (χ1n) is 5.59. The second-order valence-corrected chi connectivity index (χ2v) is 4.31. The highest BCUT2D eigenvalue weighted by Gasteiger charge is 2.26. The van der Waals surface area contributed by atoms with E-state index < -0.39 is 0 Å². The Morgan fingerprint density at radius 2 is 2.31 bits per heavy atom. The van der Waals surface area contributed by atoms with Gasteiger partial charge in [0.25, 0.3) is 0 Å². The molecule has 2 rings (SSSR count). The van der Waals surface area contributed by atoms with Crippen LogP contribution >= 0.6 is 0 Å². The maximum absolute atomic E-state index is 5.41. The third-order valence-corrected chi connectivity index (χ3v) is 2.76. The highest BCUT2D eigenvalue weighted by Crippen LogP contribution is 2.39. The third-order valence-electron chi connectivity index (χ3n) is 2.76. The van der Waals surface area contributed by atoms with Crippen LogP contribution in [0.2, 0.25) is 0 Å². The predicted molar refractivity (Wildman–Crippen MR) is 62.1 cm³/mol. The van der Waals surface area contributed by atoms with E-state index in [2.05, 4.69) is 22.3 Å². The van der Waals surface area contributed by atoms with Gasteiger partial charge in [0.15, 0.2) is 0 Å². The van der Waals surface area contributed by atoms with E-state index in [1.165, 1.54) is 12.8 Å². The monoisotopic (exact) mass is 222 g/mol. The van der Waals surface area contributed by atoms with Gasteiger partial charge in [-0.1, -0.05) is 6.92 Å². The van der Waals surface area contributed by atoms with Crippen LogP contribution in [0.25, 0.3) is 0 Å². The lowest BCUT2D eigenvalue weighted by molar-refractivity contribution is 0.181. The van der Waals surface area contributed by atoms with E-state index in [4.69, 9.17) is 10.6 Å². The maximum Gasteiger partial charge on any atom is 0.143 e. The van der Waals surface area contributed by atoms with Crippen molar-refractivity contribution in [3.8, 4) is 0 Å². The van der Waals surface area contributed by atoms with Gasteiger partial charge in [0, 0.05) is 30.7 Å². The standard InChI is InChI=1S/C11H18N4O/c1-7(6-16-2)11-13-9(8-3-4-8)5-10(14-11)15-12/h5,7-8H,3-4,6,12H2,1-2H3,(H,13,14,15). The van der Waals surface area contributed by atoms with Crippen molar-refractivity contribution in [2.24, 2.45) is 5.84 Å². The van der Waals surface area contributed by atoms with E-state index >= 15 is 0 Å². The average Bonchev–Trinajstić information content (AvgIpc) is 3.12. The van der Waals surface area contributed by atoms with Crippen molar-refractivity contribution in [2.45, 2.75) is 31.6 Å². The smallest absolute Gasteiger partial charge is 0.143 e. The Labute approximate surface area is 95.4 Å². The molecule has 0 amide bonds. The van der Waals surface area contributed by atoms with Crippen molar-refractivity contribution in [1.29, 1.82) is 0 Å². The number of anilines is 1. The summed E-state index contributed by atoms with van der Waals surface area (Å²) in [5.41, 5.74) is 3.69. The van der Waals surface area contributed by atoms with Gasteiger partial charge < -0.3 is 10.2 Å². The highest BCUT2D eigenvalue weighted by atomic mass is 16.5. The Bertz CT molecular complexity index is 365. The summed E-state index contributed by atoms with van der Waals surface area (Å²) in [6.45, 7) is 2.67. The molecule has 3 N–H and O–H groups in total. The Balaban J connectivity index is 2.25. The summed E-state index contributed by atoms with van der Waals surface area (Å²) in [7, 11) is 1.68. The van der Waals surface area contributed by atoms with E-state index in [0.717, 1.165) is 11.5 Å². The van der Waals surface area contributed by atoms with E-state index in [0.29, 0.717) is 18.3 Å². The van der Waals surface area contributed by atoms with Crippen LogP contribution in [0.15, 0.2) is 6.07 Å². The van der Waals surface area contributed by atoms with Gasteiger partial charge in [-0.3, -0.25) is 0 Å². The van der Waals surface area contributed by atoms with Gasteiger partial charge >= 0.3 is 0 Å². The molecule has 1 saturated carbocycles. The summed E-state index contributed by atoms with van der Waals surface area (Å²) in [5.74, 6) is 7.70. The van der Waals surface area contributed by atoms with E-state index in [1.807, 2.05) is 6.07 Å².